The molecule has 0 amide bonds. The van der Waals surface area contributed by atoms with Crippen molar-refractivity contribution in [1.29, 1.82) is 0 Å². The Balaban J connectivity index is 2.50. The van der Waals surface area contributed by atoms with Gasteiger partial charge in [0.25, 0.3) is 5.56 Å². The third kappa shape index (κ3) is 2.92. The molecule has 1 saturated heterocycles. The van der Waals surface area contributed by atoms with Crippen molar-refractivity contribution in [1.82, 2.24) is 9.29 Å². The van der Waals surface area contributed by atoms with Crippen LogP contribution in [-0.4, -0.2) is 22.9 Å². The predicted molar refractivity (Wildman–Crippen MR) is 87.9 cm³/mol. The number of hydrogen-bond acceptors (Lipinski definition) is 5. The smallest absolute Gasteiger partial charge is 0.399 e. The lowest BCUT2D eigenvalue weighted by molar-refractivity contribution is 0.00578. The topological polar surface area (TPSA) is 52.5 Å². The maximum Gasteiger partial charge on any atom is 0.496 e. The van der Waals surface area contributed by atoms with E-state index < -0.39 is 18.3 Å². The van der Waals surface area contributed by atoms with E-state index in [0.717, 1.165) is 11.0 Å². The lowest BCUT2D eigenvalue weighted by Crippen LogP contribution is -2.41. The average molecular weight is 310 g/mol. The highest BCUT2D eigenvalue weighted by Gasteiger charge is 2.52. The van der Waals surface area contributed by atoms with Crippen LogP contribution in [0.15, 0.2) is 17.1 Å². The number of aromatic nitrogens is 1. The highest BCUT2D eigenvalue weighted by Crippen LogP contribution is 2.36. The van der Waals surface area contributed by atoms with Crippen molar-refractivity contribution in [3.63, 3.8) is 0 Å². The molecule has 0 bridgehead atoms. The molecule has 1 fully saturated rings. The summed E-state index contributed by atoms with van der Waals surface area (Å²) >= 11 is 4.10. The van der Waals surface area contributed by atoms with E-state index in [9.17, 15) is 4.79 Å². The number of rotatable bonds is 3. The first-order chi connectivity index (χ1) is 9.59. The van der Waals surface area contributed by atoms with Crippen LogP contribution in [0.2, 0.25) is 0 Å². The van der Waals surface area contributed by atoms with Crippen molar-refractivity contribution in [3.8, 4) is 0 Å². The Hall–Kier alpha value is -0.755. The lowest BCUT2D eigenvalue weighted by Gasteiger charge is -2.32. The van der Waals surface area contributed by atoms with Crippen LogP contribution in [0.25, 0.3) is 0 Å². The fraction of sp³-hybridized carbons (Fsp3) is 0.643. The number of nitrogens with one attached hydrogen (secondary N) is 1. The Morgan fingerprint density at radius 2 is 1.81 bits per heavy atom. The molecule has 0 radical (unpaired) electrons. The van der Waals surface area contributed by atoms with Crippen molar-refractivity contribution in [2.24, 2.45) is 7.05 Å². The summed E-state index contributed by atoms with van der Waals surface area (Å²) in [5.41, 5.74) is 0.792. The monoisotopic (exact) mass is 310 g/mol. The molecule has 0 saturated carbocycles. The largest absolute Gasteiger partial charge is 0.496 e. The minimum Gasteiger partial charge on any atom is -0.399 e. The molecule has 21 heavy (non-hydrogen) atoms. The summed E-state index contributed by atoms with van der Waals surface area (Å²) in [5.74, 6) is 0. The van der Waals surface area contributed by atoms with Gasteiger partial charge in [0.15, 0.2) is 0 Å². The van der Waals surface area contributed by atoms with E-state index in [1.807, 2.05) is 34.6 Å². The van der Waals surface area contributed by atoms with Crippen LogP contribution in [0, 0.1) is 0 Å². The van der Waals surface area contributed by atoms with Crippen LogP contribution in [0.3, 0.4) is 0 Å². The first-order valence-electron chi connectivity index (χ1n) is 7.05. The van der Waals surface area contributed by atoms with E-state index in [1.54, 1.807) is 19.3 Å². The molecule has 0 unspecified atom stereocenters. The second kappa shape index (κ2) is 5.46. The molecule has 0 aromatic carbocycles. The molecule has 1 aromatic rings. The summed E-state index contributed by atoms with van der Waals surface area (Å²) in [6, 6.07) is 1.52. The fourth-order valence-corrected chi connectivity index (χ4v) is 2.42. The summed E-state index contributed by atoms with van der Waals surface area (Å²) in [6.45, 7) is 9.98. The SMILES string of the molecule is C[C@H](NS)c1cc(=O)n(C)cc1B1OC(C)(C)C(C)(C)O1. The molecule has 0 aliphatic carbocycles. The van der Waals surface area contributed by atoms with Crippen LogP contribution >= 0.6 is 12.8 Å². The molecule has 1 aliphatic heterocycles. The molecule has 1 aromatic heterocycles. The van der Waals surface area contributed by atoms with Gasteiger partial charge in [-0.1, -0.05) is 12.8 Å². The van der Waals surface area contributed by atoms with Crippen LogP contribution in [0.1, 0.15) is 46.2 Å². The zero-order chi connectivity index (χ0) is 16.0. The summed E-state index contributed by atoms with van der Waals surface area (Å²) in [5, 5.41) is 0. The summed E-state index contributed by atoms with van der Waals surface area (Å²) in [6.07, 6.45) is 1.78. The molecule has 2 rings (SSSR count). The predicted octanol–water partition coefficient (Wildman–Crippen LogP) is 1.18. The van der Waals surface area contributed by atoms with Crippen LogP contribution in [0.5, 0.6) is 0 Å². The standard InChI is InChI=1S/C14H23BN2O3S/c1-9(16-21)10-7-12(18)17(6)8-11(10)15-19-13(2,3)14(4,5)20-15/h7-9,16,21H,1-6H3/t9-/m0/s1. The third-order valence-corrected chi connectivity index (χ3v) is 4.85. The van der Waals surface area contributed by atoms with E-state index in [0.29, 0.717) is 0 Å². The average Bonchev–Trinajstić information content (AvgIpc) is 2.60. The maximum absolute atomic E-state index is 11.9. The Labute approximate surface area is 131 Å². The quantitative estimate of drug-likeness (QED) is 0.650. The fourth-order valence-electron chi connectivity index (χ4n) is 2.28. The second-order valence-corrected chi connectivity index (χ2v) is 6.83. The molecule has 116 valence electrons. The van der Waals surface area contributed by atoms with Crippen molar-refractivity contribution >= 4 is 25.4 Å². The van der Waals surface area contributed by atoms with Crippen molar-refractivity contribution < 1.29 is 9.31 Å². The summed E-state index contributed by atoms with van der Waals surface area (Å²) in [4.78, 5) is 11.9. The molecule has 1 aliphatic rings. The zero-order valence-electron chi connectivity index (χ0n) is 13.4. The van der Waals surface area contributed by atoms with Gasteiger partial charge in [0.1, 0.15) is 0 Å². The van der Waals surface area contributed by atoms with Gasteiger partial charge in [-0.05, 0) is 40.2 Å². The summed E-state index contributed by atoms with van der Waals surface area (Å²) < 4.78 is 16.6. The molecule has 7 heteroatoms. The van der Waals surface area contributed by atoms with Gasteiger partial charge in [0.2, 0.25) is 0 Å². The van der Waals surface area contributed by atoms with Crippen molar-refractivity contribution in [2.75, 3.05) is 0 Å². The minimum absolute atomic E-state index is 0.0688. The molecule has 2 heterocycles. The van der Waals surface area contributed by atoms with E-state index >= 15 is 0 Å². The number of thiol groups is 1. The molecular formula is C14H23BN2O3S. The first kappa shape index (κ1) is 16.6. The third-order valence-electron chi connectivity index (χ3n) is 4.46. The first-order valence-corrected chi connectivity index (χ1v) is 7.49. The van der Waals surface area contributed by atoms with Gasteiger partial charge < -0.3 is 13.9 Å². The molecular weight excluding hydrogens is 287 g/mol. The Bertz CT molecular complexity index is 584. The van der Waals surface area contributed by atoms with Gasteiger partial charge in [-0.2, -0.15) is 0 Å². The highest BCUT2D eigenvalue weighted by molar-refractivity contribution is 7.78. The number of hydrogen-bond donors (Lipinski definition) is 2. The van der Waals surface area contributed by atoms with E-state index in [2.05, 4.69) is 17.5 Å². The minimum atomic E-state index is -0.499. The summed E-state index contributed by atoms with van der Waals surface area (Å²) in [7, 11) is 1.22. The van der Waals surface area contributed by atoms with E-state index in [4.69, 9.17) is 9.31 Å². The van der Waals surface area contributed by atoms with Crippen molar-refractivity contribution in [2.45, 2.75) is 51.9 Å². The van der Waals surface area contributed by atoms with Gasteiger partial charge in [-0.15, -0.1) is 0 Å². The molecule has 0 spiro atoms. The Morgan fingerprint density at radius 3 is 2.29 bits per heavy atom. The zero-order valence-corrected chi connectivity index (χ0v) is 14.3. The molecule has 1 N–H and O–H groups in total. The van der Waals surface area contributed by atoms with E-state index in [-0.39, 0.29) is 11.6 Å². The Kier molecular flexibility index (Phi) is 4.32. The maximum atomic E-state index is 11.9. The molecule has 1 atom stereocenters. The molecule has 5 nitrogen and oxygen atoms in total. The van der Waals surface area contributed by atoms with E-state index in [1.165, 1.54) is 4.57 Å². The van der Waals surface area contributed by atoms with Gasteiger partial charge in [-0.25, -0.2) is 0 Å². The normalized spacial score (nSPS) is 21.6. The van der Waals surface area contributed by atoms with Crippen LogP contribution in [0.4, 0.5) is 0 Å². The van der Waals surface area contributed by atoms with Gasteiger partial charge in [-0.3, -0.25) is 9.52 Å². The van der Waals surface area contributed by atoms with Crippen molar-refractivity contribution in [3.05, 3.63) is 28.2 Å². The van der Waals surface area contributed by atoms with Gasteiger partial charge in [0, 0.05) is 30.8 Å². The van der Waals surface area contributed by atoms with Crippen LogP contribution < -0.4 is 15.7 Å². The number of pyridine rings is 1. The lowest BCUT2D eigenvalue weighted by atomic mass is 9.75. The van der Waals surface area contributed by atoms with Gasteiger partial charge >= 0.3 is 7.12 Å². The number of aryl methyl sites for hydroxylation is 1. The number of nitrogens with zero attached hydrogens (tertiary/aromatic N) is 1. The highest BCUT2D eigenvalue weighted by atomic mass is 32.1. The van der Waals surface area contributed by atoms with Gasteiger partial charge in [0.05, 0.1) is 11.2 Å². The Morgan fingerprint density at radius 1 is 1.29 bits per heavy atom. The second-order valence-electron chi connectivity index (χ2n) is 6.57. The van der Waals surface area contributed by atoms with Crippen LogP contribution in [-0.2, 0) is 16.4 Å².